The fourth-order valence-corrected chi connectivity index (χ4v) is 2.78. The van der Waals surface area contributed by atoms with Gasteiger partial charge in [0.25, 0.3) is 5.91 Å². The number of nitrogens with zero attached hydrogens (tertiary/aromatic N) is 1. The van der Waals surface area contributed by atoms with Gasteiger partial charge in [0.05, 0.1) is 6.54 Å². The number of imide groups is 1. The van der Waals surface area contributed by atoms with Gasteiger partial charge >= 0.3 is 6.09 Å². The van der Waals surface area contributed by atoms with Crippen LogP contribution >= 0.6 is 0 Å². The summed E-state index contributed by atoms with van der Waals surface area (Å²) in [7, 11) is -3.90. The maximum atomic E-state index is 11.8. The summed E-state index contributed by atoms with van der Waals surface area (Å²) >= 11 is 0. The smallest absolute Gasteiger partial charge is 0.417 e. The molecule has 0 aromatic heterocycles. The summed E-state index contributed by atoms with van der Waals surface area (Å²) in [5, 5.41) is 9.53. The van der Waals surface area contributed by atoms with Crippen LogP contribution in [-0.2, 0) is 26.0 Å². The third kappa shape index (κ3) is 3.22. The summed E-state index contributed by atoms with van der Waals surface area (Å²) < 4.78 is 27.7. The lowest BCUT2D eigenvalue weighted by Crippen LogP contribution is -2.35. The average molecular weight is 311 g/mol. The van der Waals surface area contributed by atoms with E-state index in [-0.39, 0.29) is 6.61 Å². The van der Waals surface area contributed by atoms with Gasteiger partial charge in [0.2, 0.25) is 0 Å². The summed E-state index contributed by atoms with van der Waals surface area (Å²) in [6.45, 7) is -0.562. The van der Waals surface area contributed by atoms with Crippen LogP contribution in [0.25, 0.3) is 0 Å². The third-order valence-corrected chi connectivity index (χ3v) is 3.96. The summed E-state index contributed by atoms with van der Waals surface area (Å²) in [6.07, 6.45) is -0.219. The van der Waals surface area contributed by atoms with Crippen LogP contribution in [0.3, 0.4) is 0 Å². The van der Waals surface area contributed by atoms with E-state index >= 15 is 0 Å². The number of carbonyl (C=O) groups excluding carboxylic acids is 2. The van der Waals surface area contributed by atoms with Crippen molar-refractivity contribution in [1.82, 2.24) is 4.90 Å². The molecule has 0 saturated heterocycles. The molecule has 0 spiro atoms. The van der Waals surface area contributed by atoms with Crippen molar-refractivity contribution in [2.75, 3.05) is 12.8 Å². The molecule has 7 nitrogen and oxygen atoms in total. The first-order valence-electron chi connectivity index (χ1n) is 5.95. The predicted molar refractivity (Wildman–Crippen MR) is 72.8 cm³/mol. The Morgan fingerprint density at radius 1 is 1.33 bits per heavy atom. The van der Waals surface area contributed by atoms with E-state index in [1.54, 1.807) is 30.3 Å². The normalized spacial score (nSPS) is 15.5. The van der Waals surface area contributed by atoms with E-state index in [1.807, 2.05) is 0 Å². The van der Waals surface area contributed by atoms with Crippen LogP contribution in [0.5, 0.6) is 0 Å². The number of carbonyl (C=O) groups is 2. The van der Waals surface area contributed by atoms with E-state index in [0.29, 0.717) is 4.90 Å². The minimum Gasteiger partial charge on any atom is -0.509 e. The number of hydrogen-bond acceptors (Lipinski definition) is 6. The van der Waals surface area contributed by atoms with Gasteiger partial charge in [0.15, 0.2) is 14.7 Å². The molecule has 0 fully saturated rings. The van der Waals surface area contributed by atoms with E-state index in [9.17, 15) is 23.1 Å². The topological polar surface area (TPSA) is 101 Å². The second-order valence-electron chi connectivity index (χ2n) is 4.48. The molecule has 21 heavy (non-hydrogen) atoms. The molecule has 0 saturated carbocycles. The van der Waals surface area contributed by atoms with E-state index in [4.69, 9.17) is 4.74 Å². The first kappa shape index (κ1) is 15.0. The first-order chi connectivity index (χ1) is 9.80. The maximum Gasteiger partial charge on any atom is 0.417 e. The highest BCUT2D eigenvalue weighted by atomic mass is 32.2. The van der Waals surface area contributed by atoms with Crippen LogP contribution < -0.4 is 0 Å². The van der Waals surface area contributed by atoms with E-state index in [0.717, 1.165) is 11.8 Å². The predicted octanol–water partition coefficient (Wildman–Crippen LogP) is 0.980. The second-order valence-corrected chi connectivity index (χ2v) is 6.43. The zero-order chi connectivity index (χ0) is 15.6. The molecule has 0 atom stereocenters. The Morgan fingerprint density at radius 2 is 1.95 bits per heavy atom. The fourth-order valence-electron chi connectivity index (χ4n) is 1.86. The average Bonchev–Trinajstić information content (AvgIpc) is 2.72. The van der Waals surface area contributed by atoms with Gasteiger partial charge in [0, 0.05) is 6.26 Å². The summed E-state index contributed by atoms with van der Waals surface area (Å²) in [4.78, 5) is 23.4. The molecule has 0 aliphatic carbocycles. The standard InChI is InChI=1S/C13H13NO6S/c1-21(18,19)11-10(15)7-14(12(11)16)13(17)20-8-9-5-3-2-4-6-9/h2-6,15H,7-8H2,1H3. The number of benzene rings is 1. The second kappa shape index (κ2) is 5.57. The van der Waals surface area contributed by atoms with Gasteiger partial charge in [-0.25, -0.2) is 18.1 Å². The highest BCUT2D eigenvalue weighted by Crippen LogP contribution is 2.22. The molecule has 112 valence electrons. The van der Waals surface area contributed by atoms with Crippen molar-refractivity contribution in [3.8, 4) is 0 Å². The van der Waals surface area contributed by atoms with Crippen molar-refractivity contribution in [3.05, 3.63) is 46.6 Å². The third-order valence-electron chi connectivity index (χ3n) is 2.81. The minimum absolute atomic E-state index is 0.0571. The van der Waals surface area contributed by atoms with Gasteiger partial charge in [-0.1, -0.05) is 30.3 Å². The summed E-state index contributed by atoms with van der Waals surface area (Å²) in [5.41, 5.74) is 0.720. The number of amides is 2. The molecule has 2 amide bonds. The molecule has 0 radical (unpaired) electrons. The van der Waals surface area contributed by atoms with Gasteiger partial charge in [-0.05, 0) is 5.56 Å². The summed E-state index contributed by atoms with van der Waals surface area (Å²) in [5.74, 6) is -1.73. The molecule has 0 unspecified atom stereocenters. The molecule has 1 aromatic rings. The van der Waals surface area contributed by atoms with Crippen molar-refractivity contribution < 1.29 is 27.9 Å². The van der Waals surface area contributed by atoms with Gasteiger partial charge in [-0.2, -0.15) is 0 Å². The molecular formula is C13H13NO6S. The molecule has 1 aliphatic rings. The van der Waals surface area contributed by atoms with Crippen LogP contribution in [-0.4, -0.2) is 43.2 Å². The molecule has 1 N–H and O–H groups in total. The van der Waals surface area contributed by atoms with Crippen LogP contribution in [0.15, 0.2) is 41.0 Å². The van der Waals surface area contributed by atoms with E-state index in [2.05, 4.69) is 0 Å². The lowest BCUT2D eigenvalue weighted by Gasteiger charge is -2.14. The summed E-state index contributed by atoms with van der Waals surface area (Å²) in [6, 6.07) is 8.79. The number of hydrogen-bond donors (Lipinski definition) is 1. The van der Waals surface area contributed by atoms with Crippen molar-refractivity contribution in [1.29, 1.82) is 0 Å². The van der Waals surface area contributed by atoms with Crippen LogP contribution in [0, 0.1) is 0 Å². The minimum atomic E-state index is -3.90. The molecule has 8 heteroatoms. The number of rotatable bonds is 3. The largest absolute Gasteiger partial charge is 0.509 e. The molecule has 0 bridgehead atoms. The number of ether oxygens (including phenoxy) is 1. The van der Waals surface area contributed by atoms with Gasteiger partial charge in [0.1, 0.15) is 12.4 Å². The van der Waals surface area contributed by atoms with Crippen LogP contribution in [0.4, 0.5) is 4.79 Å². The Balaban J connectivity index is 2.05. The fraction of sp³-hybridized carbons (Fsp3) is 0.231. The van der Waals surface area contributed by atoms with Gasteiger partial charge in [-0.3, -0.25) is 4.79 Å². The maximum absolute atomic E-state index is 11.8. The quantitative estimate of drug-likeness (QED) is 0.893. The Hall–Kier alpha value is -2.35. The van der Waals surface area contributed by atoms with Gasteiger partial charge < -0.3 is 9.84 Å². The lowest BCUT2D eigenvalue weighted by molar-refractivity contribution is -0.123. The molecule has 1 heterocycles. The van der Waals surface area contributed by atoms with Crippen LogP contribution in [0.2, 0.25) is 0 Å². The Kier molecular flexibility index (Phi) is 3.99. The van der Waals surface area contributed by atoms with E-state index < -0.39 is 39.0 Å². The Labute approximate surface area is 121 Å². The van der Waals surface area contributed by atoms with E-state index in [1.165, 1.54) is 0 Å². The SMILES string of the molecule is CS(=O)(=O)C1=C(O)CN(C(=O)OCc2ccccc2)C1=O. The molecule has 1 aliphatic heterocycles. The van der Waals surface area contributed by atoms with Crippen molar-refractivity contribution >= 4 is 21.8 Å². The zero-order valence-electron chi connectivity index (χ0n) is 11.1. The van der Waals surface area contributed by atoms with Crippen LogP contribution in [0.1, 0.15) is 5.56 Å². The van der Waals surface area contributed by atoms with Crippen molar-refractivity contribution in [2.45, 2.75) is 6.61 Å². The number of sulfone groups is 1. The highest BCUT2D eigenvalue weighted by molar-refractivity contribution is 7.95. The van der Waals surface area contributed by atoms with Gasteiger partial charge in [-0.15, -0.1) is 0 Å². The molecule has 1 aromatic carbocycles. The molecule has 2 rings (SSSR count). The zero-order valence-corrected chi connectivity index (χ0v) is 12.0. The Morgan fingerprint density at radius 3 is 2.48 bits per heavy atom. The number of aliphatic hydroxyl groups is 1. The van der Waals surface area contributed by atoms with Crippen molar-refractivity contribution in [3.63, 3.8) is 0 Å². The monoisotopic (exact) mass is 311 g/mol. The lowest BCUT2D eigenvalue weighted by atomic mass is 10.2. The molecular weight excluding hydrogens is 298 g/mol. The highest BCUT2D eigenvalue weighted by Gasteiger charge is 2.40. The van der Waals surface area contributed by atoms with Crippen molar-refractivity contribution in [2.24, 2.45) is 0 Å². The Bertz CT molecular complexity index is 707. The number of aliphatic hydroxyl groups excluding tert-OH is 1. The first-order valence-corrected chi connectivity index (χ1v) is 7.84.